The number of aliphatic hydroxyl groups is 3. The molecule has 1 saturated heterocycles. The van der Waals surface area contributed by atoms with E-state index in [9.17, 15) is 20.1 Å². The van der Waals surface area contributed by atoms with Crippen LogP contribution in [0.4, 0.5) is 5.82 Å². The molecule has 9 heteroatoms. The number of benzene rings is 2. The van der Waals surface area contributed by atoms with Gasteiger partial charge in [0.1, 0.15) is 24.1 Å². The molecular formula is C25H31N3O5Si. The van der Waals surface area contributed by atoms with Crippen molar-refractivity contribution in [1.29, 1.82) is 0 Å². The van der Waals surface area contributed by atoms with Crippen LogP contribution in [0, 0.1) is 0 Å². The molecule has 0 radical (unpaired) electrons. The Bertz CT molecular complexity index is 1160. The number of aliphatic hydroxyl groups excluding tert-OH is 3. The normalized spacial score (nSPS) is 25.4. The summed E-state index contributed by atoms with van der Waals surface area (Å²) >= 11 is 0. The fraction of sp³-hybridized carbons (Fsp3) is 0.360. The van der Waals surface area contributed by atoms with E-state index in [2.05, 4.69) is 4.98 Å². The van der Waals surface area contributed by atoms with Gasteiger partial charge in [-0.2, -0.15) is 4.98 Å². The summed E-state index contributed by atoms with van der Waals surface area (Å²) in [6.45, 7) is 5.61. The van der Waals surface area contributed by atoms with Gasteiger partial charge in [-0.15, -0.1) is 0 Å². The summed E-state index contributed by atoms with van der Waals surface area (Å²) in [6.07, 6.45) is -2.63. The van der Waals surface area contributed by atoms with E-state index >= 15 is 0 Å². The molecule has 0 aliphatic carbocycles. The molecule has 1 aromatic heterocycles. The molecule has 2 heterocycles. The maximum atomic E-state index is 13.4. The third kappa shape index (κ3) is 3.35. The topological polar surface area (TPSA) is 131 Å². The zero-order valence-corrected chi connectivity index (χ0v) is 20.5. The van der Waals surface area contributed by atoms with Crippen molar-refractivity contribution < 1.29 is 20.1 Å². The number of nitrogen functional groups attached to an aromatic ring is 1. The quantitative estimate of drug-likeness (QED) is 0.383. The zero-order chi connectivity index (χ0) is 24.7. The molecule has 180 valence electrons. The molecule has 5 N–H and O–H groups in total. The SMILES string of the molecule is CC(C)(C)[Si](c1ccccc1)(c1ccccc1)[C@@]1(n2ccc(N)nc2=O)O[C@H](CO)[C@@H](O)[C@H]1O. The predicted molar refractivity (Wildman–Crippen MR) is 132 cm³/mol. The van der Waals surface area contributed by atoms with Crippen LogP contribution in [-0.4, -0.2) is 57.9 Å². The van der Waals surface area contributed by atoms with Crippen molar-refractivity contribution in [3.8, 4) is 0 Å². The summed E-state index contributed by atoms with van der Waals surface area (Å²) in [4.78, 5) is 17.3. The lowest BCUT2D eigenvalue weighted by molar-refractivity contribution is -0.0977. The number of hydrogen-bond donors (Lipinski definition) is 4. The van der Waals surface area contributed by atoms with Gasteiger partial charge in [-0.05, 0) is 21.5 Å². The molecular weight excluding hydrogens is 450 g/mol. The first-order chi connectivity index (χ1) is 16.1. The number of anilines is 1. The van der Waals surface area contributed by atoms with Crippen molar-refractivity contribution in [3.05, 3.63) is 83.4 Å². The first-order valence-corrected chi connectivity index (χ1v) is 13.2. The minimum absolute atomic E-state index is 0.0330. The number of aromatic nitrogens is 2. The minimum Gasteiger partial charge on any atom is -0.394 e. The van der Waals surface area contributed by atoms with E-state index in [1.54, 1.807) is 0 Å². The number of nitrogens with two attached hydrogens (primary N) is 1. The smallest absolute Gasteiger partial charge is 0.351 e. The number of ether oxygens (including phenoxy) is 1. The van der Waals surface area contributed by atoms with Crippen molar-refractivity contribution in [2.75, 3.05) is 12.3 Å². The molecule has 1 fully saturated rings. The largest absolute Gasteiger partial charge is 0.394 e. The van der Waals surface area contributed by atoms with Crippen LogP contribution in [-0.2, 0) is 10.1 Å². The van der Waals surface area contributed by atoms with Crippen molar-refractivity contribution in [2.24, 2.45) is 0 Å². The van der Waals surface area contributed by atoms with Crippen LogP contribution in [0.3, 0.4) is 0 Å². The fourth-order valence-corrected chi connectivity index (χ4v) is 12.5. The molecule has 0 amide bonds. The standard InChI is InChI=1S/C25H31N3O5Si/c1-24(2,3)34(17-10-6-4-7-11-17,18-12-8-5-9-13-18)25(22(31)21(30)19(16-29)33-25)28-15-14-20(26)27-23(28)32/h4-15,19,21-22,29-31H,16H2,1-3H3,(H2,26,27,32)/t19-,21-,22-,25+/m1/s1. The van der Waals surface area contributed by atoms with Crippen molar-refractivity contribution in [2.45, 2.75) is 49.5 Å². The Balaban J connectivity index is 2.25. The molecule has 4 atom stereocenters. The van der Waals surface area contributed by atoms with Crippen LogP contribution in [0.2, 0.25) is 5.04 Å². The first kappa shape index (κ1) is 24.3. The molecule has 0 unspecified atom stereocenters. The Kier molecular flexibility index (Phi) is 6.26. The van der Waals surface area contributed by atoms with Crippen molar-refractivity contribution >= 4 is 24.3 Å². The van der Waals surface area contributed by atoms with Gasteiger partial charge in [-0.25, -0.2) is 4.79 Å². The third-order valence-corrected chi connectivity index (χ3v) is 13.3. The van der Waals surface area contributed by atoms with Gasteiger partial charge in [0, 0.05) is 6.20 Å². The van der Waals surface area contributed by atoms with Crippen molar-refractivity contribution in [1.82, 2.24) is 9.55 Å². The maximum Gasteiger partial charge on any atom is 0.351 e. The molecule has 1 aliphatic heterocycles. The van der Waals surface area contributed by atoms with Gasteiger partial charge in [-0.3, -0.25) is 4.57 Å². The highest BCUT2D eigenvalue weighted by molar-refractivity contribution is 7.05. The van der Waals surface area contributed by atoms with Crippen LogP contribution in [0.1, 0.15) is 20.8 Å². The highest BCUT2D eigenvalue weighted by Crippen LogP contribution is 2.51. The molecule has 0 bridgehead atoms. The molecule has 34 heavy (non-hydrogen) atoms. The average molecular weight is 482 g/mol. The summed E-state index contributed by atoms with van der Waals surface area (Å²) in [6, 6.07) is 20.8. The predicted octanol–water partition coefficient (Wildman–Crippen LogP) is 0.194. The highest BCUT2D eigenvalue weighted by Gasteiger charge is 2.72. The Morgan fingerprint density at radius 3 is 1.97 bits per heavy atom. The molecule has 0 saturated carbocycles. The number of hydrogen-bond acceptors (Lipinski definition) is 7. The lowest BCUT2D eigenvalue weighted by Gasteiger charge is -2.55. The van der Waals surface area contributed by atoms with Gasteiger partial charge in [0.2, 0.25) is 0 Å². The lowest BCUT2D eigenvalue weighted by atomic mass is 10.1. The Morgan fingerprint density at radius 2 is 1.56 bits per heavy atom. The highest BCUT2D eigenvalue weighted by atomic mass is 28.3. The third-order valence-electron chi connectivity index (χ3n) is 6.88. The van der Waals surface area contributed by atoms with Gasteiger partial charge >= 0.3 is 5.69 Å². The second-order valence-electron chi connectivity index (χ2n) is 9.71. The van der Waals surface area contributed by atoms with Crippen LogP contribution in [0.25, 0.3) is 0 Å². The average Bonchev–Trinajstić information content (AvgIpc) is 3.06. The monoisotopic (exact) mass is 481 g/mol. The van der Waals surface area contributed by atoms with E-state index in [4.69, 9.17) is 10.5 Å². The molecule has 1 aliphatic rings. The van der Waals surface area contributed by atoms with Crippen molar-refractivity contribution in [3.63, 3.8) is 0 Å². The summed E-state index contributed by atoms with van der Waals surface area (Å²) in [7, 11) is -3.48. The van der Waals surface area contributed by atoms with Gasteiger partial charge in [-0.1, -0.05) is 81.4 Å². The van der Waals surface area contributed by atoms with Gasteiger partial charge in [0.25, 0.3) is 0 Å². The summed E-state index contributed by atoms with van der Waals surface area (Å²) in [5, 5.41) is 32.4. The van der Waals surface area contributed by atoms with Gasteiger partial charge < -0.3 is 25.8 Å². The second-order valence-corrected chi connectivity index (χ2v) is 14.6. The molecule has 2 aromatic carbocycles. The van der Waals surface area contributed by atoms with Gasteiger partial charge in [0.15, 0.2) is 13.4 Å². The van der Waals surface area contributed by atoms with Crippen LogP contribution in [0.5, 0.6) is 0 Å². The molecule has 0 spiro atoms. The van der Waals surface area contributed by atoms with Crippen LogP contribution >= 0.6 is 0 Å². The van der Waals surface area contributed by atoms with E-state index < -0.39 is 49.1 Å². The maximum absolute atomic E-state index is 13.4. The number of rotatable bonds is 5. The Morgan fingerprint density at radius 1 is 1.03 bits per heavy atom. The first-order valence-electron chi connectivity index (χ1n) is 11.2. The van der Waals surface area contributed by atoms with E-state index in [1.165, 1.54) is 16.8 Å². The Labute approximate surface area is 199 Å². The van der Waals surface area contributed by atoms with E-state index in [-0.39, 0.29) is 5.82 Å². The molecule has 8 nitrogen and oxygen atoms in total. The lowest BCUT2D eigenvalue weighted by Crippen LogP contribution is -2.81. The summed E-state index contributed by atoms with van der Waals surface area (Å²) in [5.74, 6) is 0.0330. The van der Waals surface area contributed by atoms with E-state index in [0.717, 1.165) is 10.4 Å². The fourth-order valence-electron chi connectivity index (χ4n) is 5.67. The van der Waals surface area contributed by atoms with E-state index in [1.807, 2.05) is 81.4 Å². The number of nitrogens with zero attached hydrogens (tertiary/aromatic N) is 2. The zero-order valence-electron chi connectivity index (χ0n) is 19.5. The van der Waals surface area contributed by atoms with E-state index in [0.29, 0.717) is 0 Å². The van der Waals surface area contributed by atoms with Gasteiger partial charge in [0.05, 0.1) is 6.61 Å². The molecule has 3 aromatic rings. The minimum atomic E-state index is -3.48. The van der Waals surface area contributed by atoms with Crippen LogP contribution < -0.4 is 21.8 Å². The summed E-state index contributed by atoms with van der Waals surface area (Å²) in [5.41, 5.74) is 5.09. The Hall–Kier alpha value is -2.82. The summed E-state index contributed by atoms with van der Waals surface area (Å²) < 4.78 is 7.79. The second kappa shape index (κ2) is 8.75. The van der Waals surface area contributed by atoms with Crippen LogP contribution in [0.15, 0.2) is 77.7 Å². The molecule has 4 rings (SSSR count).